The van der Waals surface area contributed by atoms with Gasteiger partial charge < -0.3 is 10.6 Å². The van der Waals surface area contributed by atoms with Crippen molar-refractivity contribution >= 4 is 5.91 Å². The highest BCUT2D eigenvalue weighted by Gasteiger charge is 2.37. The SMILES string of the molecule is CC(N)(C(=O)N1CCC(Cc2ccc(F)cc2)C1)c1ccccc1. The largest absolute Gasteiger partial charge is 0.341 e. The van der Waals surface area contributed by atoms with Gasteiger partial charge in [-0.1, -0.05) is 42.5 Å². The van der Waals surface area contributed by atoms with Gasteiger partial charge >= 0.3 is 0 Å². The van der Waals surface area contributed by atoms with Gasteiger partial charge in [-0.05, 0) is 48.9 Å². The van der Waals surface area contributed by atoms with Crippen LogP contribution in [0.2, 0.25) is 0 Å². The Bertz CT molecular complexity index is 697. The fourth-order valence-corrected chi connectivity index (χ4v) is 3.37. The maximum atomic E-state index is 13.0. The second-order valence-corrected chi connectivity index (χ2v) is 6.80. The first-order chi connectivity index (χ1) is 11.5. The molecule has 0 aromatic heterocycles. The highest BCUT2D eigenvalue weighted by molar-refractivity contribution is 5.87. The molecule has 1 aliphatic heterocycles. The molecule has 1 heterocycles. The van der Waals surface area contributed by atoms with E-state index >= 15 is 0 Å². The third kappa shape index (κ3) is 3.49. The number of nitrogens with zero attached hydrogens (tertiary/aromatic N) is 1. The second-order valence-electron chi connectivity index (χ2n) is 6.80. The maximum absolute atomic E-state index is 13.0. The minimum absolute atomic E-state index is 0.0321. The molecule has 2 aromatic rings. The Labute approximate surface area is 142 Å². The van der Waals surface area contributed by atoms with E-state index in [4.69, 9.17) is 5.73 Å². The Balaban J connectivity index is 1.64. The average Bonchev–Trinajstić information content (AvgIpc) is 3.05. The molecule has 1 aliphatic rings. The zero-order valence-electron chi connectivity index (χ0n) is 13.9. The third-order valence-electron chi connectivity index (χ3n) is 4.83. The van der Waals surface area contributed by atoms with Crippen molar-refractivity contribution < 1.29 is 9.18 Å². The summed E-state index contributed by atoms with van der Waals surface area (Å²) in [5.74, 6) is 0.144. The Kier molecular flexibility index (Phi) is 4.67. The molecule has 3 rings (SSSR count). The van der Waals surface area contributed by atoms with Crippen molar-refractivity contribution in [2.24, 2.45) is 11.7 Å². The zero-order valence-corrected chi connectivity index (χ0v) is 13.9. The van der Waals surface area contributed by atoms with Crippen LogP contribution in [0, 0.1) is 11.7 Å². The van der Waals surface area contributed by atoms with Crippen LogP contribution in [-0.2, 0) is 16.8 Å². The standard InChI is InChI=1S/C20H23FN2O/c1-20(22,17-5-3-2-4-6-17)19(24)23-12-11-16(14-23)13-15-7-9-18(21)10-8-15/h2-10,16H,11-14,22H2,1H3. The minimum Gasteiger partial charge on any atom is -0.341 e. The van der Waals surface area contributed by atoms with Gasteiger partial charge in [0, 0.05) is 13.1 Å². The second kappa shape index (κ2) is 6.73. The van der Waals surface area contributed by atoms with Gasteiger partial charge in [0.2, 0.25) is 5.91 Å². The molecule has 3 nitrogen and oxygen atoms in total. The lowest BCUT2D eigenvalue weighted by atomic mass is 9.91. The summed E-state index contributed by atoms with van der Waals surface area (Å²) >= 11 is 0. The fourth-order valence-electron chi connectivity index (χ4n) is 3.37. The molecule has 1 amide bonds. The first kappa shape index (κ1) is 16.7. The van der Waals surface area contributed by atoms with Crippen LogP contribution in [0.4, 0.5) is 4.39 Å². The molecule has 0 spiro atoms. The number of hydrogen-bond donors (Lipinski definition) is 1. The lowest BCUT2D eigenvalue weighted by Gasteiger charge is -2.29. The Morgan fingerprint density at radius 1 is 1.21 bits per heavy atom. The third-order valence-corrected chi connectivity index (χ3v) is 4.83. The highest BCUT2D eigenvalue weighted by atomic mass is 19.1. The maximum Gasteiger partial charge on any atom is 0.246 e. The van der Waals surface area contributed by atoms with Gasteiger partial charge in [-0.15, -0.1) is 0 Å². The van der Waals surface area contributed by atoms with Gasteiger partial charge in [0.15, 0.2) is 0 Å². The van der Waals surface area contributed by atoms with Gasteiger partial charge in [0.25, 0.3) is 0 Å². The van der Waals surface area contributed by atoms with Gasteiger partial charge in [0.05, 0.1) is 0 Å². The molecular formula is C20H23FN2O. The van der Waals surface area contributed by atoms with Crippen LogP contribution >= 0.6 is 0 Å². The summed E-state index contributed by atoms with van der Waals surface area (Å²) in [6.45, 7) is 3.21. The summed E-state index contributed by atoms with van der Waals surface area (Å²) in [6.07, 6.45) is 1.81. The summed E-state index contributed by atoms with van der Waals surface area (Å²) in [6, 6.07) is 16.1. The average molecular weight is 326 g/mol. The molecule has 0 aliphatic carbocycles. The van der Waals surface area contributed by atoms with Gasteiger partial charge in [-0.25, -0.2) is 4.39 Å². The molecule has 2 N–H and O–H groups in total. The quantitative estimate of drug-likeness (QED) is 0.938. The number of carbonyl (C=O) groups is 1. The van der Waals surface area contributed by atoms with Crippen molar-refractivity contribution in [3.8, 4) is 0 Å². The molecular weight excluding hydrogens is 303 g/mol. The first-order valence-electron chi connectivity index (χ1n) is 8.35. The van der Waals surface area contributed by atoms with Crippen molar-refractivity contribution in [1.82, 2.24) is 4.90 Å². The summed E-state index contributed by atoms with van der Waals surface area (Å²) in [5, 5.41) is 0. The predicted octanol–water partition coefficient (Wildman–Crippen LogP) is 3.09. The molecule has 0 bridgehead atoms. The Morgan fingerprint density at radius 3 is 2.54 bits per heavy atom. The van der Waals surface area contributed by atoms with E-state index in [2.05, 4.69) is 0 Å². The summed E-state index contributed by atoms with van der Waals surface area (Å²) < 4.78 is 13.0. The lowest BCUT2D eigenvalue weighted by molar-refractivity contribution is -0.135. The topological polar surface area (TPSA) is 46.3 Å². The molecule has 0 radical (unpaired) electrons. The molecule has 2 atom stereocenters. The summed E-state index contributed by atoms with van der Waals surface area (Å²) in [7, 11) is 0. The van der Waals surface area contributed by atoms with Gasteiger partial charge in [-0.2, -0.15) is 0 Å². The molecule has 0 saturated carbocycles. The number of amides is 1. The smallest absolute Gasteiger partial charge is 0.246 e. The van der Waals surface area contributed by atoms with E-state index in [-0.39, 0.29) is 11.7 Å². The van der Waals surface area contributed by atoms with Crippen molar-refractivity contribution in [3.63, 3.8) is 0 Å². The number of hydrogen-bond acceptors (Lipinski definition) is 2. The van der Waals surface area contributed by atoms with E-state index < -0.39 is 5.54 Å². The molecule has 1 saturated heterocycles. The van der Waals surface area contributed by atoms with E-state index in [0.717, 1.165) is 30.5 Å². The van der Waals surface area contributed by atoms with Crippen LogP contribution in [0.15, 0.2) is 54.6 Å². The molecule has 1 fully saturated rings. The number of halogens is 1. The number of likely N-dealkylation sites (tertiary alicyclic amines) is 1. The monoisotopic (exact) mass is 326 g/mol. The van der Waals surface area contributed by atoms with Crippen molar-refractivity contribution in [2.45, 2.75) is 25.3 Å². The number of nitrogens with two attached hydrogens (primary N) is 1. The predicted molar refractivity (Wildman–Crippen MR) is 92.8 cm³/mol. The van der Waals surface area contributed by atoms with Crippen molar-refractivity contribution in [2.75, 3.05) is 13.1 Å². The van der Waals surface area contributed by atoms with Gasteiger partial charge in [0.1, 0.15) is 11.4 Å². The van der Waals surface area contributed by atoms with E-state index in [1.54, 1.807) is 6.92 Å². The van der Waals surface area contributed by atoms with E-state index in [9.17, 15) is 9.18 Å². The van der Waals surface area contributed by atoms with Crippen molar-refractivity contribution in [3.05, 3.63) is 71.5 Å². The highest BCUT2D eigenvalue weighted by Crippen LogP contribution is 2.26. The van der Waals surface area contributed by atoms with Crippen LogP contribution in [0.3, 0.4) is 0 Å². The molecule has 4 heteroatoms. The number of carbonyl (C=O) groups excluding carboxylic acids is 1. The van der Waals surface area contributed by atoms with E-state index in [0.29, 0.717) is 12.5 Å². The van der Waals surface area contributed by atoms with E-state index in [1.807, 2.05) is 47.4 Å². The zero-order chi connectivity index (χ0) is 17.2. The van der Waals surface area contributed by atoms with E-state index in [1.165, 1.54) is 12.1 Å². The van der Waals surface area contributed by atoms with Crippen molar-refractivity contribution in [1.29, 1.82) is 0 Å². The Hall–Kier alpha value is -2.20. The van der Waals surface area contributed by atoms with Crippen LogP contribution < -0.4 is 5.73 Å². The van der Waals surface area contributed by atoms with Crippen LogP contribution in [-0.4, -0.2) is 23.9 Å². The summed E-state index contributed by atoms with van der Waals surface area (Å²) in [4.78, 5) is 14.7. The van der Waals surface area contributed by atoms with Gasteiger partial charge in [-0.3, -0.25) is 4.79 Å². The first-order valence-corrected chi connectivity index (χ1v) is 8.35. The Morgan fingerprint density at radius 2 is 1.88 bits per heavy atom. The molecule has 2 unspecified atom stereocenters. The minimum atomic E-state index is -1.01. The number of benzene rings is 2. The lowest BCUT2D eigenvalue weighted by Crippen LogP contribution is -2.50. The molecule has 24 heavy (non-hydrogen) atoms. The van der Waals surface area contributed by atoms with Crippen LogP contribution in [0.5, 0.6) is 0 Å². The van der Waals surface area contributed by atoms with Crippen LogP contribution in [0.1, 0.15) is 24.5 Å². The molecule has 2 aromatic carbocycles. The number of rotatable bonds is 4. The normalized spacial score (nSPS) is 20.0. The fraction of sp³-hybridized carbons (Fsp3) is 0.350. The summed E-state index contributed by atoms with van der Waals surface area (Å²) in [5.41, 5.74) is 7.27. The molecule has 126 valence electrons. The van der Waals surface area contributed by atoms with Crippen LogP contribution in [0.25, 0.3) is 0 Å².